The number of hydrogen-bond acceptors (Lipinski definition) is 5. The number of aromatic nitrogens is 1. The van der Waals surface area contributed by atoms with E-state index in [0.717, 1.165) is 39.9 Å². The third-order valence-electron chi connectivity index (χ3n) is 12.5. The van der Waals surface area contributed by atoms with Crippen LogP contribution in [0.15, 0.2) is 164 Å². The minimum atomic E-state index is -0.670. The van der Waals surface area contributed by atoms with Crippen LogP contribution < -0.4 is 26.7 Å². The topological polar surface area (TPSA) is 31.8 Å². The average Bonchev–Trinajstić information content (AvgIpc) is 3.69. The van der Waals surface area contributed by atoms with Gasteiger partial charge in [0, 0.05) is 32.2 Å². The van der Waals surface area contributed by atoms with Gasteiger partial charge in [0.25, 0.3) is 0 Å². The maximum absolute atomic E-state index is 6.77. The molecule has 1 aromatic heterocycles. The van der Waals surface area contributed by atoms with Crippen LogP contribution in [0.4, 0.5) is 39.9 Å². The normalized spacial score (nSPS) is 13.4. The molecule has 0 fully saturated rings. The van der Waals surface area contributed by atoms with Crippen LogP contribution in [-0.2, 0) is 37.3 Å². The fourth-order valence-corrected chi connectivity index (χ4v) is 11.6. The minimum Gasteiger partial charge on any atom is 0 e. The van der Waals surface area contributed by atoms with Crippen molar-refractivity contribution in [2.24, 2.45) is 0 Å². The molecule has 2 aliphatic rings. The van der Waals surface area contributed by atoms with Crippen molar-refractivity contribution in [3.63, 3.8) is 0 Å². The molecule has 5 nitrogen and oxygen atoms in total. The molecule has 67 heavy (non-hydrogen) atoms. The first-order chi connectivity index (χ1) is 31.6. The summed E-state index contributed by atoms with van der Waals surface area (Å²) in [6, 6.07) is 64.2. The number of hydrogen-bond donors (Lipinski definition) is 0. The minimum absolute atomic E-state index is 0. The van der Waals surface area contributed by atoms with Crippen molar-refractivity contribution >= 4 is 68.1 Å². The summed E-state index contributed by atoms with van der Waals surface area (Å²) in [6.07, 6.45) is 1.93. The smallest absolute Gasteiger partial charge is 0 e. The van der Waals surface area contributed by atoms with Crippen LogP contribution in [0, 0.1) is 18.8 Å². The Hall–Kier alpha value is -5.63. The zero-order chi connectivity index (χ0) is 46.0. The summed E-state index contributed by atoms with van der Waals surface area (Å²) in [5.41, 5.74) is 14.6. The molecular weight excluding hydrogens is 1120 g/mol. The maximum atomic E-state index is 6.77. The molecule has 8 aromatic rings. The molecule has 340 valence electrons. The van der Waals surface area contributed by atoms with Crippen LogP contribution in [0.2, 0.25) is 0 Å². The molecule has 0 bridgehead atoms. The second-order valence-corrected chi connectivity index (χ2v) is 23.4. The van der Waals surface area contributed by atoms with E-state index in [2.05, 4.69) is 247 Å². The van der Waals surface area contributed by atoms with E-state index in [1.165, 1.54) is 46.2 Å². The number of para-hydroxylation sites is 1. The van der Waals surface area contributed by atoms with Gasteiger partial charge in [-0.15, -0.1) is 0 Å². The molecule has 0 aliphatic carbocycles. The third-order valence-corrected chi connectivity index (χ3v) is 15.6. The quantitative estimate of drug-likeness (QED) is 0.117. The van der Waals surface area contributed by atoms with E-state index >= 15 is 0 Å². The Labute approximate surface area is 422 Å². The number of fused-ring (bicyclic) bond motifs is 3. The summed E-state index contributed by atoms with van der Waals surface area (Å²) in [6.45, 7) is 22.7. The van der Waals surface area contributed by atoms with E-state index in [0.29, 0.717) is 11.5 Å². The van der Waals surface area contributed by atoms with Crippen LogP contribution >= 0.6 is 0 Å². The number of nitrogens with zero attached hydrogens (tertiary/aromatic N) is 4. The van der Waals surface area contributed by atoms with Gasteiger partial charge in [-0.1, -0.05) is 108 Å². The van der Waals surface area contributed by atoms with Crippen molar-refractivity contribution < 1.29 is 25.8 Å². The van der Waals surface area contributed by atoms with Gasteiger partial charge in [0.05, 0.1) is 0 Å². The van der Waals surface area contributed by atoms with E-state index in [-0.39, 0.29) is 37.3 Å². The molecule has 0 saturated heterocycles. The average molecular weight is 1170 g/mol. The Bertz CT molecular complexity index is 3030. The summed E-state index contributed by atoms with van der Waals surface area (Å²) in [4.78, 5) is 11.9. The van der Waals surface area contributed by atoms with Crippen molar-refractivity contribution in [3.05, 3.63) is 199 Å². The zero-order valence-electron chi connectivity index (χ0n) is 39.6. The molecule has 0 unspecified atom stereocenters. The Morgan fingerprint density at radius 3 is 1.78 bits per heavy atom. The predicted octanol–water partition coefficient (Wildman–Crippen LogP) is 14.5. The predicted molar refractivity (Wildman–Crippen MR) is 277 cm³/mol. The van der Waals surface area contributed by atoms with Crippen molar-refractivity contribution in [1.29, 1.82) is 0 Å². The molecule has 7 aromatic carbocycles. The number of anilines is 7. The van der Waals surface area contributed by atoms with Gasteiger partial charge in [-0.3, -0.25) is 0 Å². The van der Waals surface area contributed by atoms with Gasteiger partial charge in [0.15, 0.2) is 0 Å². The standard InChI is InChI=1S/C60H55N4OTe.Pt/c1-58(2,3)42-27-29-50-52(35-42)62(39-63(50)57-48(40-19-12-10-13-20-40)33-44(60(7,8)9)34-49(57)41-21-14-11-15-22-41)45-23-18-24-46(37-45)65-47-28-30-55-53(38-47)64(51-25-16-17-26-54(51)66-55)56-36-43(31-32-61-56)59(4,5)6;/h10-36,39H,1-9H3;/q-3;. The Kier molecular flexibility index (Phi) is 12.6. The molecule has 0 radical (unpaired) electrons. The van der Waals surface area contributed by atoms with Gasteiger partial charge < -0.3 is 0 Å². The van der Waals surface area contributed by atoms with Crippen LogP contribution in [0.5, 0.6) is 11.5 Å². The first-order valence-electron chi connectivity index (χ1n) is 22.8. The van der Waals surface area contributed by atoms with Crippen LogP contribution in [0.25, 0.3) is 22.3 Å². The second kappa shape index (κ2) is 18.1. The molecule has 7 heteroatoms. The van der Waals surface area contributed by atoms with Crippen LogP contribution in [0.3, 0.4) is 0 Å². The Balaban J connectivity index is 0.00000562. The largest absolute Gasteiger partial charge is 0 e. The van der Waals surface area contributed by atoms with E-state index < -0.39 is 20.9 Å². The molecular formula is C60H55N4OPtTe-3. The maximum Gasteiger partial charge on any atom is 0 e. The Morgan fingerprint density at radius 1 is 0.507 bits per heavy atom. The van der Waals surface area contributed by atoms with E-state index in [4.69, 9.17) is 9.72 Å². The fourth-order valence-electron chi connectivity index (χ4n) is 8.72. The van der Waals surface area contributed by atoms with E-state index in [1.54, 1.807) is 0 Å². The van der Waals surface area contributed by atoms with Crippen molar-refractivity contribution in [3.8, 4) is 33.8 Å². The number of pyridine rings is 1. The van der Waals surface area contributed by atoms with Crippen LogP contribution in [0.1, 0.15) is 79.0 Å². The summed E-state index contributed by atoms with van der Waals surface area (Å²) in [7, 11) is 0. The molecule has 0 spiro atoms. The Morgan fingerprint density at radius 2 is 1.12 bits per heavy atom. The van der Waals surface area contributed by atoms with Gasteiger partial charge in [-0.05, 0) is 39.7 Å². The van der Waals surface area contributed by atoms with Gasteiger partial charge in [-0.25, -0.2) is 0 Å². The molecule has 0 saturated carbocycles. The summed E-state index contributed by atoms with van der Waals surface area (Å²) in [5.74, 6) is 2.12. The molecule has 3 heterocycles. The number of rotatable bonds is 7. The number of ether oxygens (including phenoxy) is 1. The fraction of sp³-hybridized carbons (Fsp3) is 0.200. The van der Waals surface area contributed by atoms with Gasteiger partial charge in [0.2, 0.25) is 0 Å². The first-order valence-corrected chi connectivity index (χ1v) is 25.1. The van der Waals surface area contributed by atoms with Crippen molar-refractivity contribution in [2.75, 3.05) is 14.7 Å². The van der Waals surface area contributed by atoms with Gasteiger partial charge in [-0.2, -0.15) is 0 Å². The summed E-state index contributed by atoms with van der Waals surface area (Å²) >= 11 is -0.670. The van der Waals surface area contributed by atoms with Crippen molar-refractivity contribution in [2.45, 2.75) is 78.6 Å². The first kappa shape index (κ1) is 46.5. The zero-order valence-corrected chi connectivity index (χ0v) is 44.2. The van der Waals surface area contributed by atoms with Crippen molar-refractivity contribution in [1.82, 2.24) is 4.98 Å². The molecule has 0 N–H and O–H groups in total. The van der Waals surface area contributed by atoms with Crippen LogP contribution in [-0.4, -0.2) is 25.9 Å². The monoisotopic (exact) mass is 1170 g/mol. The number of benzene rings is 7. The summed E-state index contributed by atoms with van der Waals surface area (Å²) in [5, 5.41) is 0. The molecule has 2 aliphatic heterocycles. The molecule has 0 atom stereocenters. The summed E-state index contributed by atoms with van der Waals surface area (Å²) < 4.78 is 9.45. The van der Waals surface area contributed by atoms with Gasteiger partial charge in [0.1, 0.15) is 0 Å². The SMILES string of the molecule is CC(C)(C)c1ccnc(N2c3[c-]c(Oc4[c-]c(N5[CH-]N(c6c(-c7ccccc7)cc(C(C)(C)C)cc6-c6ccccc6)c6ccc(C(C)(C)C)cc65)ccc4)ccc3[Te]c3ccccc32)c1.[Pt]. The second-order valence-electron chi connectivity index (χ2n) is 20.3. The van der Waals surface area contributed by atoms with Gasteiger partial charge >= 0.3 is 245 Å². The molecule has 10 rings (SSSR count). The van der Waals surface area contributed by atoms with E-state index in [9.17, 15) is 0 Å². The molecule has 0 amide bonds. The third kappa shape index (κ3) is 9.22. The van der Waals surface area contributed by atoms with E-state index in [1.807, 2.05) is 12.3 Å².